The topological polar surface area (TPSA) is 88.5 Å². The minimum atomic E-state index is -1.16. The monoisotopic (exact) mass is 328 g/mol. The Labute approximate surface area is 140 Å². The maximum absolute atomic E-state index is 12.1. The molecule has 126 valence electrons. The Morgan fingerprint density at radius 3 is 2.58 bits per heavy atom. The lowest BCUT2D eigenvalue weighted by Gasteiger charge is -2.13. The fraction of sp³-hybridized carbons (Fsp3) is 0.278. The van der Waals surface area contributed by atoms with E-state index in [1.807, 2.05) is 31.2 Å². The SMILES string of the molecule is COc1ccc(CC(C)CNC(=O)c2ccnc(C(=O)O)c2)cc1. The largest absolute Gasteiger partial charge is 0.497 e. The van der Waals surface area contributed by atoms with Crippen LogP contribution in [0.15, 0.2) is 42.6 Å². The molecule has 1 unspecified atom stereocenters. The molecule has 0 bridgehead atoms. The van der Waals surface area contributed by atoms with Crippen LogP contribution in [0.25, 0.3) is 0 Å². The van der Waals surface area contributed by atoms with Crippen molar-refractivity contribution in [3.8, 4) is 5.75 Å². The molecule has 2 aromatic rings. The molecule has 1 heterocycles. The van der Waals surface area contributed by atoms with E-state index in [1.165, 1.54) is 18.3 Å². The first-order valence-corrected chi connectivity index (χ1v) is 7.60. The normalized spacial score (nSPS) is 11.6. The Morgan fingerprint density at radius 2 is 1.96 bits per heavy atom. The molecule has 0 aliphatic carbocycles. The van der Waals surface area contributed by atoms with Gasteiger partial charge >= 0.3 is 5.97 Å². The minimum Gasteiger partial charge on any atom is -0.497 e. The zero-order valence-electron chi connectivity index (χ0n) is 13.7. The quantitative estimate of drug-likeness (QED) is 0.815. The van der Waals surface area contributed by atoms with Gasteiger partial charge in [-0.05, 0) is 42.2 Å². The fourth-order valence-electron chi connectivity index (χ4n) is 2.29. The van der Waals surface area contributed by atoms with Crippen LogP contribution in [0.5, 0.6) is 5.75 Å². The standard InChI is InChI=1S/C18H20N2O4/c1-12(9-13-3-5-15(24-2)6-4-13)11-20-17(21)14-7-8-19-16(10-14)18(22)23/h3-8,10,12H,9,11H2,1-2H3,(H,20,21)(H,22,23). The Bertz CT molecular complexity index is 713. The number of aromatic carboxylic acids is 1. The second kappa shape index (κ2) is 8.10. The average Bonchev–Trinajstić information content (AvgIpc) is 2.60. The number of pyridine rings is 1. The molecule has 0 aliphatic rings. The summed E-state index contributed by atoms with van der Waals surface area (Å²) in [4.78, 5) is 26.7. The van der Waals surface area contributed by atoms with Gasteiger partial charge in [0.05, 0.1) is 7.11 Å². The smallest absolute Gasteiger partial charge is 0.354 e. The number of hydrogen-bond acceptors (Lipinski definition) is 4. The molecule has 2 rings (SSSR count). The highest BCUT2D eigenvalue weighted by Gasteiger charge is 2.12. The number of carbonyl (C=O) groups is 2. The van der Waals surface area contributed by atoms with Gasteiger partial charge in [-0.15, -0.1) is 0 Å². The van der Waals surface area contributed by atoms with Gasteiger partial charge in [0.1, 0.15) is 11.4 Å². The van der Waals surface area contributed by atoms with Crippen LogP contribution < -0.4 is 10.1 Å². The number of carboxylic acids is 1. The van der Waals surface area contributed by atoms with Crippen LogP contribution in [0.3, 0.4) is 0 Å². The van der Waals surface area contributed by atoms with E-state index in [0.717, 1.165) is 17.7 Å². The van der Waals surface area contributed by atoms with E-state index < -0.39 is 5.97 Å². The van der Waals surface area contributed by atoms with Crippen LogP contribution in [0.2, 0.25) is 0 Å². The summed E-state index contributed by atoms with van der Waals surface area (Å²) in [6.45, 7) is 2.54. The zero-order valence-corrected chi connectivity index (χ0v) is 13.7. The predicted molar refractivity (Wildman–Crippen MR) is 89.4 cm³/mol. The van der Waals surface area contributed by atoms with Crippen molar-refractivity contribution in [2.75, 3.05) is 13.7 Å². The molecule has 0 spiro atoms. The number of carboxylic acid groups (broad SMARTS) is 1. The third-order valence-electron chi connectivity index (χ3n) is 3.60. The summed E-state index contributed by atoms with van der Waals surface area (Å²) in [7, 11) is 1.63. The average molecular weight is 328 g/mol. The highest BCUT2D eigenvalue weighted by Crippen LogP contribution is 2.14. The summed E-state index contributed by atoms with van der Waals surface area (Å²) < 4.78 is 5.12. The number of nitrogens with one attached hydrogen (secondary N) is 1. The first-order valence-electron chi connectivity index (χ1n) is 7.60. The maximum Gasteiger partial charge on any atom is 0.354 e. The molecule has 2 N–H and O–H groups in total. The van der Waals surface area contributed by atoms with Gasteiger partial charge in [-0.3, -0.25) is 4.79 Å². The van der Waals surface area contributed by atoms with Crippen LogP contribution in [-0.2, 0) is 6.42 Å². The van der Waals surface area contributed by atoms with Crippen molar-refractivity contribution < 1.29 is 19.4 Å². The molecule has 0 saturated heterocycles. The molecule has 24 heavy (non-hydrogen) atoms. The lowest BCUT2D eigenvalue weighted by atomic mass is 10.0. The van der Waals surface area contributed by atoms with Crippen LogP contribution in [0.4, 0.5) is 0 Å². The second-order valence-corrected chi connectivity index (χ2v) is 5.60. The summed E-state index contributed by atoms with van der Waals surface area (Å²) in [6, 6.07) is 10.6. The van der Waals surface area contributed by atoms with Gasteiger partial charge in [0.15, 0.2) is 0 Å². The van der Waals surface area contributed by atoms with Crippen LogP contribution >= 0.6 is 0 Å². The Balaban J connectivity index is 1.88. The van der Waals surface area contributed by atoms with Crippen molar-refractivity contribution in [1.29, 1.82) is 0 Å². The molecule has 1 amide bonds. The maximum atomic E-state index is 12.1. The highest BCUT2D eigenvalue weighted by molar-refractivity contribution is 5.96. The molecule has 1 aromatic carbocycles. The molecule has 6 nitrogen and oxygen atoms in total. The summed E-state index contributed by atoms with van der Waals surface area (Å²) >= 11 is 0. The lowest BCUT2D eigenvalue weighted by molar-refractivity contribution is 0.0690. The predicted octanol–water partition coefficient (Wildman–Crippen LogP) is 2.40. The Kier molecular flexibility index (Phi) is 5.89. The molecule has 0 aliphatic heterocycles. The number of benzene rings is 1. The van der Waals surface area contributed by atoms with Gasteiger partial charge in [0.25, 0.3) is 5.91 Å². The zero-order chi connectivity index (χ0) is 17.5. The van der Waals surface area contributed by atoms with Crippen molar-refractivity contribution in [2.24, 2.45) is 5.92 Å². The molecule has 1 aromatic heterocycles. The van der Waals surface area contributed by atoms with Crippen molar-refractivity contribution in [3.05, 3.63) is 59.4 Å². The number of nitrogens with zero attached hydrogens (tertiary/aromatic N) is 1. The third-order valence-corrected chi connectivity index (χ3v) is 3.60. The summed E-state index contributed by atoms with van der Waals surface area (Å²) in [5.41, 5.74) is 1.31. The molecule has 0 fully saturated rings. The highest BCUT2D eigenvalue weighted by atomic mass is 16.5. The van der Waals surface area contributed by atoms with Gasteiger partial charge in [-0.1, -0.05) is 19.1 Å². The van der Waals surface area contributed by atoms with Crippen molar-refractivity contribution >= 4 is 11.9 Å². The third kappa shape index (κ3) is 4.81. The number of ether oxygens (including phenoxy) is 1. The van der Waals surface area contributed by atoms with Crippen LogP contribution in [0, 0.1) is 5.92 Å². The second-order valence-electron chi connectivity index (χ2n) is 5.60. The van der Waals surface area contributed by atoms with Crippen molar-refractivity contribution in [3.63, 3.8) is 0 Å². The van der Waals surface area contributed by atoms with E-state index in [1.54, 1.807) is 7.11 Å². The van der Waals surface area contributed by atoms with Gasteiger partial charge < -0.3 is 15.2 Å². The van der Waals surface area contributed by atoms with Crippen molar-refractivity contribution in [2.45, 2.75) is 13.3 Å². The number of aromatic nitrogens is 1. The number of carbonyl (C=O) groups excluding carboxylic acids is 1. The lowest BCUT2D eigenvalue weighted by Crippen LogP contribution is -2.29. The molecular formula is C18H20N2O4. The van der Waals surface area contributed by atoms with Gasteiger partial charge in [-0.2, -0.15) is 0 Å². The van der Waals surface area contributed by atoms with Crippen LogP contribution in [0.1, 0.15) is 33.3 Å². The van der Waals surface area contributed by atoms with Gasteiger partial charge in [0, 0.05) is 18.3 Å². The minimum absolute atomic E-state index is 0.145. The molecule has 0 saturated carbocycles. The Morgan fingerprint density at radius 1 is 1.25 bits per heavy atom. The van der Waals surface area contributed by atoms with E-state index >= 15 is 0 Å². The summed E-state index contributed by atoms with van der Waals surface area (Å²) in [6.07, 6.45) is 2.14. The van der Waals surface area contributed by atoms with Crippen molar-refractivity contribution in [1.82, 2.24) is 10.3 Å². The molecule has 6 heteroatoms. The van der Waals surface area contributed by atoms with E-state index in [0.29, 0.717) is 12.1 Å². The number of hydrogen-bond donors (Lipinski definition) is 2. The summed E-state index contributed by atoms with van der Waals surface area (Å²) in [5.74, 6) is -0.409. The summed E-state index contributed by atoms with van der Waals surface area (Å²) in [5, 5.41) is 11.7. The molecular weight excluding hydrogens is 308 g/mol. The molecule has 0 radical (unpaired) electrons. The van der Waals surface area contributed by atoms with E-state index in [-0.39, 0.29) is 17.5 Å². The first kappa shape index (κ1) is 17.5. The number of methoxy groups -OCH3 is 1. The first-order chi connectivity index (χ1) is 11.5. The number of rotatable bonds is 7. The van der Waals surface area contributed by atoms with E-state index in [4.69, 9.17) is 9.84 Å². The van der Waals surface area contributed by atoms with Gasteiger partial charge in [0.2, 0.25) is 0 Å². The molecule has 1 atom stereocenters. The van der Waals surface area contributed by atoms with Crippen LogP contribution in [-0.4, -0.2) is 35.6 Å². The fourth-order valence-corrected chi connectivity index (χ4v) is 2.29. The number of amides is 1. The van der Waals surface area contributed by atoms with E-state index in [9.17, 15) is 9.59 Å². The van der Waals surface area contributed by atoms with Gasteiger partial charge in [-0.25, -0.2) is 9.78 Å². The van der Waals surface area contributed by atoms with E-state index in [2.05, 4.69) is 10.3 Å². The Hall–Kier alpha value is -2.89.